The molecule has 0 aliphatic carbocycles. The molecule has 0 fully saturated rings. The number of fused-ring (bicyclic) bond motifs is 1. The molecule has 3 atom stereocenters. The molecule has 2 aromatic carbocycles. The quantitative estimate of drug-likeness (QED) is 0.449. The van der Waals surface area contributed by atoms with Gasteiger partial charge in [-0.25, -0.2) is 4.79 Å². The zero-order valence-corrected chi connectivity index (χ0v) is 18.9. The van der Waals surface area contributed by atoms with E-state index in [1.807, 2.05) is 6.92 Å². The van der Waals surface area contributed by atoms with E-state index in [0.717, 1.165) is 12.1 Å². The van der Waals surface area contributed by atoms with Crippen molar-refractivity contribution < 1.29 is 22.7 Å². The highest BCUT2D eigenvalue weighted by molar-refractivity contribution is 6.34. The zero-order chi connectivity index (χ0) is 23.6. The molecule has 0 saturated heterocycles. The molecule has 1 heterocycles. The Kier molecular flexibility index (Phi) is 7.26. The number of benzene rings is 2. The summed E-state index contributed by atoms with van der Waals surface area (Å²) in [7, 11) is 0. The fourth-order valence-corrected chi connectivity index (χ4v) is 4.77. The van der Waals surface area contributed by atoms with E-state index in [0.29, 0.717) is 27.7 Å². The van der Waals surface area contributed by atoms with Crippen molar-refractivity contribution in [3.63, 3.8) is 0 Å². The van der Waals surface area contributed by atoms with Crippen LogP contribution in [0.4, 0.5) is 23.7 Å². The number of rotatable bonds is 4. The SMILES string of the molecule is CCOC(=O)N1c2ccc(C(F)(F)F)cc2[C@@H]([C@H](C#N)c2cc(Cl)cc(Cl)c2)C[C@H]1CC. The third-order valence-corrected chi connectivity index (χ3v) is 6.06. The van der Waals surface area contributed by atoms with Crippen molar-refractivity contribution in [1.29, 1.82) is 5.26 Å². The van der Waals surface area contributed by atoms with Crippen LogP contribution in [0.25, 0.3) is 0 Å². The van der Waals surface area contributed by atoms with Gasteiger partial charge in [-0.15, -0.1) is 0 Å². The van der Waals surface area contributed by atoms with Crippen molar-refractivity contribution in [2.75, 3.05) is 11.5 Å². The average Bonchev–Trinajstić information content (AvgIpc) is 2.72. The van der Waals surface area contributed by atoms with Crippen LogP contribution in [0.5, 0.6) is 0 Å². The van der Waals surface area contributed by atoms with E-state index in [1.54, 1.807) is 19.1 Å². The van der Waals surface area contributed by atoms with Crippen molar-refractivity contribution in [3.8, 4) is 6.07 Å². The molecule has 0 saturated carbocycles. The number of hydrogen-bond donors (Lipinski definition) is 0. The molecule has 0 N–H and O–H groups in total. The second-order valence-electron chi connectivity index (χ2n) is 7.55. The molecule has 9 heteroatoms. The maximum atomic E-state index is 13.5. The van der Waals surface area contributed by atoms with Gasteiger partial charge < -0.3 is 4.74 Å². The molecule has 1 amide bonds. The summed E-state index contributed by atoms with van der Waals surface area (Å²) in [4.78, 5) is 14.1. The van der Waals surface area contributed by atoms with Gasteiger partial charge in [-0.1, -0.05) is 30.1 Å². The molecule has 0 bridgehead atoms. The molecule has 3 rings (SSSR count). The minimum Gasteiger partial charge on any atom is -0.449 e. The highest BCUT2D eigenvalue weighted by atomic mass is 35.5. The standard InChI is InChI=1S/C23H21Cl2F3N2O2/c1-3-17-11-18(20(12-29)13-7-15(24)10-16(25)8-13)19-9-14(23(26,27)28)5-6-21(19)30(17)22(31)32-4-2/h5-10,17-18,20H,3-4,11H2,1-2H3/t17-,18+,20-/m1/s1. The second kappa shape index (κ2) is 9.60. The van der Waals surface area contributed by atoms with Crippen LogP contribution in [0.1, 0.15) is 55.2 Å². The van der Waals surface area contributed by atoms with Gasteiger partial charge in [0.1, 0.15) is 0 Å². The van der Waals surface area contributed by atoms with Gasteiger partial charge >= 0.3 is 12.3 Å². The number of halogens is 5. The van der Waals surface area contributed by atoms with E-state index in [1.165, 1.54) is 17.0 Å². The van der Waals surface area contributed by atoms with Crippen LogP contribution in [0.2, 0.25) is 10.0 Å². The number of carbonyl (C=O) groups is 1. The first kappa shape index (κ1) is 24.2. The predicted octanol–water partition coefficient (Wildman–Crippen LogP) is 7.55. The minimum atomic E-state index is -4.57. The summed E-state index contributed by atoms with van der Waals surface area (Å²) < 4.78 is 45.7. The number of alkyl halides is 3. The smallest absolute Gasteiger partial charge is 0.416 e. The predicted molar refractivity (Wildman–Crippen MR) is 117 cm³/mol. The number of nitriles is 1. The van der Waals surface area contributed by atoms with Crippen molar-refractivity contribution in [2.24, 2.45) is 0 Å². The lowest BCUT2D eigenvalue weighted by atomic mass is 9.74. The van der Waals surface area contributed by atoms with Crippen molar-refractivity contribution in [1.82, 2.24) is 0 Å². The summed E-state index contributed by atoms with van der Waals surface area (Å²) in [6.07, 6.45) is -4.38. The van der Waals surface area contributed by atoms with Gasteiger partial charge in [-0.05, 0) is 67.3 Å². The zero-order valence-electron chi connectivity index (χ0n) is 17.4. The Balaban J connectivity index is 2.21. The van der Waals surface area contributed by atoms with Crippen LogP contribution in [-0.4, -0.2) is 18.7 Å². The van der Waals surface area contributed by atoms with E-state index in [4.69, 9.17) is 27.9 Å². The van der Waals surface area contributed by atoms with Gasteiger partial charge in [0.05, 0.1) is 29.8 Å². The first-order valence-electron chi connectivity index (χ1n) is 10.1. The van der Waals surface area contributed by atoms with E-state index >= 15 is 0 Å². The Morgan fingerprint density at radius 1 is 1.22 bits per heavy atom. The lowest BCUT2D eigenvalue weighted by Crippen LogP contribution is -2.45. The summed E-state index contributed by atoms with van der Waals surface area (Å²) in [5.74, 6) is -1.42. The third-order valence-electron chi connectivity index (χ3n) is 5.63. The number of anilines is 1. The summed E-state index contributed by atoms with van der Waals surface area (Å²) >= 11 is 12.2. The Hall–Kier alpha value is -2.43. The molecule has 170 valence electrons. The first-order valence-corrected chi connectivity index (χ1v) is 10.9. The fourth-order valence-electron chi connectivity index (χ4n) is 4.23. The van der Waals surface area contributed by atoms with Gasteiger partial charge in [-0.3, -0.25) is 4.90 Å². The lowest BCUT2D eigenvalue weighted by Gasteiger charge is -2.41. The van der Waals surface area contributed by atoms with Gasteiger partial charge in [0.25, 0.3) is 0 Å². The van der Waals surface area contributed by atoms with Gasteiger partial charge in [0, 0.05) is 22.0 Å². The Labute approximate surface area is 194 Å². The lowest BCUT2D eigenvalue weighted by molar-refractivity contribution is -0.137. The molecule has 32 heavy (non-hydrogen) atoms. The fraction of sp³-hybridized carbons (Fsp3) is 0.391. The van der Waals surface area contributed by atoms with E-state index in [9.17, 15) is 23.2 Å². The molecule has 1 aliphatic heterocycles. The molecular formula is C23H21Cl2F3N2O2. The topological polar surface area (TPSA) is 53.3 Å². The van der Waals surface area contributed by atoms with Crippen LogP contribution >= 0.6 is 23.2 Å². The largest absolute Gasteiger partial charge is 0.449 e. The van der Waals surface area contributed by atoms with E-state index in [-0.39, 0.29) is 24.6 Å². The summed E-state index contributed by atoms with van der Waals surface area (Å²) in [6.45, 7) is 3.67. The molecule has 4 nitrogen and oxygen atoms in total. The average molecular weight is 485 g/mol. The van der Waals surface area contributed by atoms with Crippen LogP contribution in [0, 0.1) is 11.3 Å². The van der Waals surface area contributed by atoms with Crippen LogP contribution in [-0.2, 0) is 10.9 Å². The first-order chi connectivity index (χ1) is 15.1. The summed E-state index contributed by atoms with van der Waals surface area (Å²) in [5, 5.41) is 10.7. The normalized spacial score (nSPS) is 19.1. The van der Waals surface area contributed by atoms with E-state index < -0.39 is 29.7 Å². The number of carbonyl (C=O) groups excluding carboxylic acids is 1. The molecule has 0 radical (unpaired) electrons. The highest BCUT2D eigenvalue weighted by Gasteiger charge is 2.42. The number of amides is 1. The third kappa shape index (κ3) is 4.82. The molecule has 0 aromatic heterocycles. The molecule has 0 spiro atoms. The van der Waals surface area contributed by atoms with Crippen molar-refractivity contribution in [2.45, 2.75) is 50.7 Å². The molecule has 0 unspecified atom stereocenters. The van der Waals surface area contributed by atoms with Gasteiger partial charge in [-0.2, -0.15) is 18.4 Å². The van der Waals surface area contributed by atoms with E-state index in [2.05, 4.69) is 6.07 Å². The van der Waals surface area contributed by atoms with Gasteiger partial charge in [0.15, 0.2) is 0 Å². The molecular weight excluding hydrogens is 464 g/mol. The molecule has 2 aromatic rings. The minimum absolute atomic E-state index is 0.132. The number of ether oxygens (including phenoxy) is 1. The highest BCUT2D eigenvalue weighted by Crippen LogP contribution is 2.48. The second-order valence-corrected chi connectivity index (χ2v) is 8.43. The van der Waals surface area contributed by atoms with Gasteiger partial charge in [0.2, 0.25) is 0 Å². The summed E-state index contributed by atoms with van der Waals surface area (Å²) in [6, 6.07) is 9.82. The maximum absolute atomic E-state index is 13.5. The van der Waals surface area contributed by atoms with Crippen LogP contribution in [0.15, 0.2) is 36.4 Å². The Morgan fingerprint density at radius 2 is 1.88 bits per heavy atom. The van der Waals surface area contributed by atoms with Crippen molar-refractivity contribution >= 4 is 35.0 Å². The Bertz CT molecular complexity index is 1030. The monoisotopic (exact) mass is 484 g/mol. The Morgan fingerprint density at radius 3 is 2.41 bits per heavy atom. The van der Waals surface area contributed by atoms with Crippen molar-refractivity contribution in [3.05, 3.63) is 63.1 Å². The number of nitrogens with zero attached hydrogens (tertiary/aromatic N) is 2. The van der Waals surface area contributed by atoms with Crippen LogP contribution < -0.4 is 4.90 Å². The maximum Gasteiger partial charge on any atom is 0.416 e. The molecule has 1 aliphatic rings. The number of hydrogen-bond acceptors (Lipinski definition) is 3. The summed E-state index contributed by atoms with van der Waals surface area (Å²) in [5.41, 5.74) is 0.242. The van der Waals surface area contributed by atoms with Crippen LogP contribution in [0.3, 0.4) is 0 Å².